The number of nitro benzene ring substituents is 1. The Hall–Kier alpha value is -3.91. The van der Waals surface area contributed by atoms with Crippen molar-refractivity contribution < 1.29 is 18.9 Å². The largest absolute Gasteiger partial charge is 0.484 e. The van der Waals surface area contributed by atoms with Gasteiger partial charge in [-0.15, -0.1) is 0 Å². The number of fused-ring (bicyclic) bond motifs is 1. The van der Waals surface area contributed by atoms with Crippen molar-refractivity contribution in [3.05, 3.63) is 81.9 Å². The molecule has 0 radical (unpaired) electrons. The second-order valence-corrected chi connectivity index (χ2v) is 6.68. The number of carbonyl (C=O) groups is 1. The molecule has 0 saturated carbocycles. The van der Waals surface area contributed by atoms with Crippen molar-refractivity contribution >= 4 is 40.0 Å². The van der Waals surface area contributed by atoms with Gasteiger partial charge in [0, 0.05) is 17.8 Å². The van der Waals surface area contributed by atoms with Gasteiger partial charge in [0.25, 0.3) is 11.6 Å². The maximum Gasteiger partial charge on any atom is 0.269 e. The van der Waals surface area contributed by atoms with E-state index in [1.165, 1.54) is 24.3 Å². The molecule has 150 valence electrons. The van der Waals surface area contributed by atoms with Gasteiger partial charge in [0.1, 0.15) is 11.3 Å². The Morgan fingerprint density at radius 1 is 1.13 bits per heavy atom. The van der Waals surface area contributed by atoms with Crippen molar-refractivity contribution in [3.8, 4) is 17.2 Å². The monoisotopic (exact) mass is 423 g/mol. The molecule has 0 aliphatic heterocycles. The number of halogens is 1. The second kappa shape index (κ2) is 8.22. The lowest BCUT2D eigenvalue weighted by Crippen LogP contribution is -2.20. The smallest absolute Gasteiger partial charge is 0.269 e. The van der Waals surface area contributed by atoms with Crippen LogP contribution in [0.3, 0.4) is 0 Å². The molecule has 0 aliphatic rings. The van der Waals surface area contributed by atoms with E-state index < -0.39 is 10.8 Å². The van der Waals surface area contributed by atoms with Gasteiger partial charge in [-0.3, -0.25) is 14.9 Å². The van der Waals surface area contributed by atoms with Crippen LogP contribution in [0.5, 0.6) is 5.75 Å². The van der Waals surface area contributed by atoms with E-state index in [4.69, 9.17) is 20.8 Å². The SMILES string of the molecule is O=C(COc1ccc([N+](=O)[O-])cc1)Nc1ccc(Cl)c(-c2nc3ccccc3o2)c1. The van der Waals surface area contributed by atoms with Gasteiger partial charge in [-0.25, -0.2) is 4.98 Å². The predicted octanol–water partition coefficient (Wildman–Crippen LogP) is 5.07. The van der Waals surface area contributed by atoms with Crippen LogP contribution in [-0.4, -0.2) is 22.4 Å². The molecule has 0 saturated heterocycles. The zero-order valence-corrected chi connectivity index (χ0v) is 16.1. The number of oxazole rings is 1. The van der Waals surface area contributed by atoms with E-state index in [2.05, 4.69) is 10.3 Å². The van der Waals surface area contributed by atoms with Gasteiger partial charge in [0.2, 0.25) is 5.89 Å². The summed E-state index contributed by atoms with van der Waals surface area (Å²) in [4.78, 5) is 26.8. The maximum absolute atomic E-state index is 12.2. The number of non-ortho nitro benzene ring substituents is 1. The fourth-order valence-electron chi connectivity index (χ4n) is 2.76. The summed E-state index contributed by atoms with van der Waals surface area (Å²) in [5, 5.41) is 13.8. The third-order valence-corrected chi connectivity index (χ3v) is 4.52. The zero-order valence-electron chi connectivity index (χ0n) is 15.4. The van der Waals surface area contributed by atoms with Gasteiger partial charge in [0.15, 0.2) is 12.2 Å². The van der Waals surface area contributed by atoms with Crippen LogP contribution in [0.1, 0.15) is 0 Å². The quantitative estimate of drug-likeness (QED) is 0.342. The normalized spacial score (nSPS) is 10.7. The Morgan fingerprint density at radius 2 is 1.90 bits per heavy atom. The van der Waals surface area contributed by atoms with Crippen LogP contribution >= 0.6 is 11.6 Å². The summed E-state index contributed by atoms with van der Waals surface area (Å²) in [5.74, 6) is 0.289. The lowest BCUT2D eigenvalue weighted by molar-refractivity contribution is -0.384. The summed E-state index contributed by atoms with van der Waals surface area (Å²) in [6.45, 7) is -0.265. The number of rotatable bonds is 6. The number of aromatic nitrogens is 1. The number of carbonyl (C=O) groups excluding carboxylic acids is 1. The Labute approximate surface area is 175 Å². The lowest BCUT2D eigenvalue weighted by Gasteiger charge is -2.09. The number of nitrogens with zero attached hydrogens (tertiary/aromatic N) is 2. The predicted molar refractivity (Wildman–Crippen MR) is 112 cm³/mol. The van der Waals surface area contributed by atoms with Crippen molar-refractivity contribution in [1.82, 2.24) is 4.98 Å². The Bertz CT molecular complexity index is 1200. The van der Waals surface area contributed by atoms with E-state index in [1.54, 1.807) is 24.3 Å². The van der Waals surface area contributed by atoms with Crippen molar-refractivity contribution in [3.63, 3.8) is 0 Å². The molecule has 8 nitrogen and oxygen atoms in total. The second-order valence-electron chi connectivity index (χ2n) is 6.27. The average Bonchev–Trinajstić information content (AvgIpc) is 3.18. The number of amides is 1. The van der Waals surface area contributed by atoms with Crippen LogP contribution in [0.2, 0.25) is 5.02 Å². The van der Waals surface area contributed by atoms with Gasteiger partial charge in [-0.2, -0.15) is 0 Å². The fraction of sp³-hybridized carbons (Fsp3) is 0.0476. The first-order chi connectivity index (χ1) is 14.5. The molecule has 0 aliphatic carbocycles. The summed E-state index contributed by atoms with van der Waals surface area (Å²) in [7, 11) is 0. The first-order valence-electron chi connectivity index (χ1n) is 8.82. The highest BCUT2D eigenvalue weighted by Gasteiger charge is 2.14. The van der Waals surface area contributed by atoms with Crippen molar-refractivity contribution in [2.75, 3.05) is 11.9 Å². The molecular weight excluding hydrogens is 410 g/mol. The van der Waals surface area contributed by atoms with Crippen LogP contribution in [0, 0.1) is 10.1 Å². The van der Waals surface area contributed by atoms with Crippen LogP contribution in [-0.2, 0) is 4.79 Å². The molecule has 0 bridgehead atoms. The summed E-state index contributed by atoms with van der Waals surface area (Å²) >= 11 is 6.29. The molecule has 3 aromatic carbocycles. The zero-order chi connectivity index (χ0) is 21.1. The molecule has 1 N–H and O–H groups in total. The molecule has 0 fully saturated rings. The molecule has 0 unspecified atom stereocenters. The third kappa shape index (κ3) is 4.23. The van der Waals surface area contributed by atoms with Crippen LogP contribution < -0.4 is 10.1 Å². The van der Waals surface area contributed by atoms with Gasteiger partial charge in [-0.05, 0) is 42.5 Å². The van der Waals surface area contributed by atoms with E-state index in [9.17, 15) is 14.9 Å². The van der Waals surface area contributed by atoms with Crippen molar-refractivity contribution in [1.29, 1.82) is 0 Å². The minimum Gasteiger partial charge on any atom is -0.484 e. The van der Waals surface area contributed by atoms with Crippen molar-refractivity contribution in [2.45, 2.75) is 0 Å². The molecule has 1 heterocycles. The van der Waals surface area contributed by atoms with Crippen LogP contribution in [0.25, 0.3) is 22.6 Å². The van der Waals surface area contributed by atoms with Crippen LogP contribution in [0.15, 0.2) is 71.1 Å². The Morgan fingerprint density at radius 3 is 2.63 bits per heavy atom. The molecule has 4 rings (SSSR count). The number of ether oxygens (including phenoxy) is 1. The number of nitrogens with one attached hydrogen (secondary N) is 1. The van der Waals surface area contributed by atoms with Crippen LogP contribution in [0.4, 0.5) is 11.4 Å². The molecule has 9 heteroatoms. The topological polar surface area (TPSA) is 108 Å². The number of hydrogen-bond acceptors (Lipinski definition) is 6. The molecule has 1 aromatic heterocycles. The highest BCUT2D eigenvalue weighted by atomic mass is 35.5. The summed E-state index contributed by atoms with van der Waals surface area (Å²) in [6.07, 6.45) is 0. The van der Waals surface area contributed by atoms with Gasteiger partial charge in [-0.1, -0.05) is 23.7 Å². The summed E-state index contributed by atoms with van der Waals surface area (Å²) in [5.41, 5.74) is 2.32. The average molecular weight is 424 g/mol. The highest BCUT2D eigenvalue weighted by Crippen LogP contribution is 2.32. The fourth-order valence-corrected chi connectivity index (χ4v) is 2.96. The first kappa shape index (κ1) is 19.4. The van der Waals surface area contributed by atoms with Gasteiger partial charge >= 0.3 is 0 Å². The number of para-hydroxylation sites is 2. The standard InChI is InChI=1S/C21H14ClN3O5/c22-17-10-5-13(11-16(17)21-24-18-3-1-2-4-19(18)30-21)23-20(26)12-29-15-8-6-14(7-9-15)25(27)28/h1-11H,12H2,(H,23,26). The number of nitro groups is 1. The maximum atomic E-state index is 12.2. The molecular formula is C21H14ClN3O5. The molecule has 30 heavy (non-hydrogen) atoms. The highest BCUT2D eigenvalue weighted by molar-refractivity contribution is 6.33. The van der Waals surface area contributed by atoms with E-state index in [0.29, 0.717) is 39.0 Å². The summed E-state index contributed by atoms with van der Waals surface area (Å²) in [6, 6.07) is 17.8. The van der Waals surface area contributed by atoms with Crippen molar-refractivity contribution in [2.24, 2.45) is 0 Å². The van der Waals surface area contributed by atoms with E-state index >= 15 is 0 Å². The number of hydrogen-bond donors (Lipinski definition) is 1. The Balaban J connectivity index is 1.44. The van der Waals surface area contributed by atoms with Gasteiger partial charge < -0.3 is 14.5 Å². The molecule has 1 amide bonds. The van der Waals surface area contributed by atoms with E-state index in [0.717, 1.165) is 0 Å². The van der Waals surface area contributed by atoms with Gasteiger partial charge in [0.05, 0.1) is 15.5 Å². The molecule has 0 atom stereocenters. The third-order valence-electron chi connectivity index (χ3n) is 4.19. The number of benzene rings is 3. The first-order valence-corrected chi connectivity index (χ1v) is 9.20. The molecule has 4 aromatic rings. The minimum atomic E-state index is -0.508. The Kier molecular flexibility index (Phi) is 5.32. The minimum absolute atomic E-state index is 0.0558. The van der Waals surface area contributed by atoms with E-state index in [1.807, 2.05) is 18.2 Å². The van der Waals surface area contributed by atoms with E-state index in [-0.39, 0.29) is 12.3 Å². The summed E-state index contributed by atoms with van der Waals surface area (Å²) < 4.78 is 11.1. The number of anilines is 1. The molecule has 0 spiro atoms. The lowest BCUT2D eigenvalue weighted by atomic mass is 10.2.